The highest BCUT2D eigenvalue weighted by Gasteiger charge is 2.36. The minimum atomic E-state index is -0.877. The molecule has 1 atom stereocenters. The number of carbonyl (C=O) groups is 3. The number of para-hydroxylation sites is 1. The molecule has 1 aliphatic heterocycles. The Labute approximate surface area is 161 Å². The van der Waals surface area contributed by atoms with Gasteiger partial charge in [-0.2, -0.15) is 0 Å². The number of ether oxygens (including phenoxy) is 2. The topological polar surface area (TPSA) is 72.9 Å². The average Bonchev–Trinajstić information content (AvgIpc) is 2.79. The van der Waals surface area contributed by atoms with Crippen LogP contribution in [0, 0.1) is 5.82 Å². The molecule has 0 unspecified atom stereocenters. The van der Waals surface area contributed by atoms with Crippen molar-refractivity contribution in [3.8, 4) is 11.5 Å². The third-order valence-corrected chi connectivity index (χ3v) is 4.40. The Kier molecular flexibility index (Phi) is 5.73. The first kappa shape index (κ1) is 19.5. The van der Waals surface area contributed by atoms with E-state index in [1.807, 2.05) is 0 Å². The maximum Gasteiger partial charge on any atom is 0.270 e. The normalized spacial score (nSPS) is 16.2. The number of fused-ring (bicyclic) bond motifs is 1. The zero-order chi connectivity index (χ0) is 20.3. The molecule has 2 amide bonds. The predicted molar refractivity (Wildman–Crippen MR) is 99.1 cm³/mol. The minimum absolute atomic E-state index is 0.0364. The second-order valence-corrected chi connectivity index (χ2v) is 6.24. The lowest BCUT2D eigenvalue weighted by atomic mass is 10.1. The van der Waals surface area contributed by atoms with Crippen LogP contribution < -0.4 is 9.47 Å². The average molecular weight is 385 g/mol. The van der Waals surface area contributed by atoms with E-state index in [4.69, 9.17) is 9.47 Å². The fourth-order valence-corrected chi connectivity index (χ4v) is 2.96. The van der Waals surface area contributed by atoms with Crippen LogP contribution in [0.4, 0.5) is 4.39 Å². The second-order valence-electron chi connectivity index (χ2n) is 6.24. The SMILES string of the molecule is CCOc1ccc(C(=O)CN2C(=O)c3ccccc3O[C@@H](CC)C2=O)cc1F. The molecule has 0 bridgehead atoms. The molecule has 0 saturated carbocycles. The van der Waals surface area contributed by atoms with E-state index in [1.54, 1.807) is 32.0 Å². The number of amides is 2. The summed E-state index contributed by atoms with van der Waals surface area (Å²) < 4.78 is 24.8. The number of benzene rings is 2. The van der Waals surface area contributed by atoms with Gasteiger partial charge in [0.05, 0.1) is 18.7 Å². The van der Waals surface area contributed by atoms with Crippen molar-refractivity contribution in [1.29, 1.82) is 0 Å². The summed E-state index contributed by atoms with van der Waals surface area (Å²) in [6.45, 7) is 3.26. The third-order valence-electron chi connectivity index (χ3n) is 4.40. The molecule has 28 heavy (non-hydrogen) atoms. The lowest BCUT2D eigenvalue weighted by Crippen LogP contribution is -2.45. The summed E-state index contributed by atoms with van der Waals surface area (Å²) >= 11 is 0. The first-order chi connectivity index (χ1) is 13.5. The predicted octanol–water partition coefficient (Wildman–Crippen LogP) is 3.25. The molecular formula is C21H20FNO5. The third kappa shape index (κ3) is 3.74. The Morgan fingerprint density at radius 3 is 2.61 bits per heavy atom. The summed E-state index contributed by atoms with van der Waals surface area (Å²) in [4.78, 5) is 39.1. The van der Waals surface area contributed by atoms with Gasteiger partial charge in [0.15, 0.2) is 23.5 Å². The van der Waals surface area contributed by atoms with Crippen LogP contribution >= 0.6 is 0 Å². The Morgan fingerprint density at radius 1 is 1.18 bits per heavy atom. The number of halogens is 1. The van der Waals surface area contributed by atoms with Crippen molar-refractivity contribution in [2.75, 3.05) is 13.2 Å². The van der Waals surface area contributed by atoms with Gasteiger partial charge in [-0.25, -0.2) is 4.39 Å². The van der Waals surface area contributed by atoms with Crippen LogP contribution in [-0.2, 0) is 4.79 Å². The van der Waals surface area contributed by atoms with Crippen molar-refractivity contribution in [1.82, 2.24) is 4.90 Å². The van der Waals surface area contributed by atoms with Crippen molar-refractivity contribution in [3.63, 3.8) is 0 Å². The van der Waals surface area contributed by atoms with Gasteiger partial charge in [0.2, 0.25) is 0 Å². The summed E-state index contributed by atoms with van der Waals surface area (Å²) in [7, 11) is 0. The number of hydrogen-bond acceptors (Lipinski definition) is 5. The van der Waals surface area contributed by atoms with Crippen molar-refractivity contribution < 1.29 is 28.2 Å². The molecule has 0 spiro atoms. The molecule has 146 valence electrons. The van der Waals surface area contributed by atoms with Crippen LogP contribution in [0.5, 0.6) is 11.5 Å². The lowest BCUT2D eigenvalue weighted by Gasteiger charge is -2.21. The first-order valence-corrected chi connectivity index (χ1v) is 9.03. The van der Waals surface area contributed by atoms with Gasteiger partial charge in [-0.1, -0.05) is 19.1 Å². The number of carbonyl (C=O) groups excluding carboxylic acids is 3. The van der Waals surface area contributed by atoms with Crippen molar-refractivity contribution in [2.24, 2.45) is 0 Å². The van der Waals surface area contributed by atoms with Gasteiger partial charge in [-0.15, -0.1) is 0 Å². The van der Waals surface area contributed by atoms with Gasteiger partial charge < -0.3 is 9.47 Å². The molecule has 3 rings (SSSR count). The van der Waals surface area contributed by atoms with E-state index in [9.17, 15) is 18.8 Å². The van der Waals surface area contributed by atoms with Crippen LogP contribution in [0.3, 0.4) is 0 Å². The lowest BCUT2D eigenvalue weighted by molar-refractivity contribution is -0.135. The summed E-state index contributed by atoms with van der Waals surface area (Å²) in [6, 6.07) is 10.3. The number of imide groups is 1. The van der Waals surface area contributed by atoms with Crippen LogP contribution in [0.15, 0.2) is 42.5 Å². The van der Waals surface area contributed by atoms with Gasteiger partial charge in [0.25, 0.3) is 11.8 Å². The molecule has 6 nitrogen and oxygen atoms in total. The van der Waals surface area contributed by atoms with Crippen LogP contribution in [0.25, 0.3) is 0 Å². The Hall–Kier alpha value is -3.22. The zero-order valence-corrected chi connectivity index (χ0v) is 15.6. The van der Waals surface area contributed by atoms with Crippen molar-refractivity contribution in [3.05, 3.63) is 59.4 Å². The van der Waals surface area contributed by atoms with E-state index in [-0.39, 0.29) is 16.9 Å². The number of nitrogens with zero attached hydrogens (tertiary/aromatic N) is 1. The first-order valence-electron chi connectivity index (χ1n) is 9.03. The highest BCUT2D eigenvalue weighted by molar-refractivity contribution is 6.12. The summed E-state index contributed by atoms with van der Waals surface area (Å²) in [6.07, 6.45) is -0.541. The molecule has 0 fully saturated rings. The van der Waals surface area contributed by atoms with Gasteiger partial charge in [-0.3, -0.25) is 19.3 Å². The van der Waals surface area contributed by atoms with E-state index in [0.717, 1.165) is 11.0 Å². The minimum Gasteiger partial charge on any atom is -0.491 e. The summed E-state index contributed by atoms with van der Waals surface area (Å²) in [5, 5.41) is 0. The fourth-order valence-electron chi connectivity index (χ4n) is 2.96. The number of rotatable bonds is 6. The molecule has 0 N–H and O–H groups in total. The Balaban J connectivity index is 1.89. The molecule has 2 aromatic rings. The molecule has 7 heteroatoms. The van der Waals surface area contributed by atoms with Crippen molar-refractivity contribution in [2.45, 2.75) is 26.4 Å². The van der Waals surface area contributed by atoms with Gasteiger partial charge in [0, 0.05) is 5.56 Å². The molecule has 2 aromatic carbocycles. The maximum atomic E-state index is 14.1. The maximum absolute atomic E-state index is 14.1. The molecule has 0 aliphatic carbocycles. The number of hydrogen-bond donors (Lipinski definition) is 0. The second kappa shape index (κ2) is 8.21. The largest absolute Gasteiger partial charge is 0.491 e. The molecular weight excluding hydrogens is 365 g/mol. The van der Waals surface area contributed by atoms with Gasteiger partial charge in [0.1, 0.15) is 5.75 Å². The standard InChI is InChI=1S/C21H20FNO5/c1-3-17-21(26)23(20(25)14-7-5-6-8-18(14)28-17)12-16(24)13-9-10-19(27-4-2)15(22)11-13/h5-11,17H,3-4,12H2,1-2H3/t17-/m0/s1. The van der Waals surface area contributed by atoms with Crippen LogP contribution in [-0.4, -0.2) is 41.8 Å². The van der Waals surface area contributed by atoms with E-state index in [0.29, 0.717) is 18.8 Å². The van der Waals surface area contributed by atoms with Crippen molar-refractivity contribution >= 4 is 17.6 Å². The molecule has 1 heterocycles. The number of ketones is 1. The van der Waals surface area contributed by atoms with Gasteiger partial charge in [-0.05, 0) is 43.7 Å². The monoisotopic (exact) mass is 385 g/mol. The fraction of sp³-hybridized carbons (Fsp3) is 0.286. The van der Waals surface area contributed by atoms with E-state index < -0.39 is 36.1 Å². The molecule has 0 saturated heterocycles. The van der Waals surface area contributed by atoms with E-state index >= 15 is 0 Å². The van der Waals surface area contributed by atoms with Gasteiger partial charge >= 0.3 is 0 Å². The number of Topliss-reactive ketones (excluding diaryl/α,β-unsaturated/α-hetero) is 1. The highest BCUT2D eigenvalue weighted by Crippen LogP contribution is 2.27. The summed E-state index contributed by atoms with van der Waals surface area (Å²) in [5.74, 6) is -2.11. The highest BCUT2D eigenvalue weighted by atomic mass is 19.1. The smallest absolute Gasteiger partial charge is 0.270 e. The van der Waals surface area contributed by atoms with E-state index in [2.05, 4.69) is 0 Å². The van der Waals surface area contributed by atoms with E-state index in [1.165, 1.54) is 18.2 Å². The Morgan fingerprint density at radius 2 is 1.93 bits per heavy atom. The molecule has 0 radical (unpaired) electrons. The van der Waals surface area contributed by atoms with Crippen LogP contribution in [0.2, 0.25) is 0 Å². The van der Waals surface area contributed by atoms with Crippen LogP contribution in [0.1, 0.15) is 41.0 Å². The quantitative estimate of drug-likeness (QED) is 0.564. The molecule has 1 aliphatic rings. The molecule has 0 aromatic heterocycles. The Bertz CT molecular complexity index is 927. The summed E-state index contributed by atoms with van der Waals surface area (Å²) in [5.41, 5.74) is 0.255. The zero-order valence-electron chi connectivity index (χ0n) is 15.6.